The zero-order valence-corrected chi connectivity index (χ0v) is 9.64. The van der Waals surface area contributed by atoms with Crippen LogP contribution in [0, 0.1) is 17.7 Å². The maximum absolute atomic E-state index is 13.5. The molecule has 2 nitrogen and oxygen atoms in total. The molecule has 0 aromatic heterocycles. The summed E-state index contributed by atoms with van der Waals surface area (Å²) in [6.07, 6.45) is 0. The van der Waals surface area contributed by atoms with Crippen molar-refractivity contribution in [1.29, 1.82) is 0 Å². The summed E-state index contributed by atoms with van der Waals surface area (Å²) in [7, 11) is 0. The average Bonchev–Trinajstić information content (AvgIpc) is 2.29. The molecule has 0 heterocycles. The van der Waals surface area contributed by atoms with Crippen LogP contribution in [0.5, 0.6) is 5.75 Å². The highest BCUT2D eigenvalue weighted by Crippen LogP contribution is 2.18. The van der Waals surface area contributed by atoms with Crippen LogP contribution in [0.4, 0.5) is 4.39 Å². The van der Waals surface area contributed by atoms with Crippen LogP contribution >= 0.6 is 0 Å². The molecule has 16 heavy (non-hydrogen) atoms. The van der Waals surface area contributed by atoms with Gasteiger partial charge in [0.25, 0.3) is 0 Å². The Morgan fingerprint density at radius 1 is 1.44 bits per heavy atom. The van der Waals surface area contributed by atoms with E-state index in [0.29, 0.717) is 6.54 Å². The highest BCUT2D eigenvalue weighted by Gasteiger charge is 2.03. The molecule has 0 unspecified atom stereocenters. The van der Waals surface area contributed by atoms with Crippen molar-refractivity contribution in [2.24, 2.45) is 0 Å². The molecule has 1 N–H and O–H groups in total. The van der Waals surface area contributed by atoms with Crippen LogP contribution in [-0.2, 0) is 6.54 Å². The van der Waals surface area contributed by atoms with Gasteiger partial charge in [0.2, 0.25) is 0 Å². The van der Waals surface area contributed by atoms with Crippen LogP contribution in [0.15, 0.2) is 18.2 Å². The molecule has 86 valence electrons. The quantitative estimate of drug-likeness (QED) is 0.770. The minimum atomic E-state index is -0.340. The molecule has 1 aromatic carbocycles. The molecule has 0 saturated carbocycles. The highest BCUT2D eigenvalue weighted by molar-refractivity contribution is 5.29. The van der Waals surface area contributed by atoms with Crippen LogP contribution in [0.25, 0.3) is 0 Å². The summed E-state index contributed by atoms with van der Waals surface area (Å²) < 4.78 is 18.7. The number of ether oxygens (including phenoxy) is 1. The van der Waals surface area contributed by atoms with E-state index in [9.17, 15) is 4.39 Å². The summed E-state index contributed by atoms with van der Waals surface area (Å²) in [6, 6.07) is 4.97. The van der Waals surface area contributed by atoms with E-state index in [1.54, 1.807) is 13.0 Å². The molecule has 0 saturated heterocycles. The summed E-state index contributed by atoms with van der Waals surface area (Å²) >= 11 is 0. The summed E-state index contributed by atoms with van der Waals surface area (Å²) in [4.78, 5) is 0. The van der Waals surface area contributed by atoms with E-state index in [2.05, 4.69) is 17.2 Å². The largest absolute Gasteiger partial charge is 0.478 e. The third-order valence-corrected chi connectivity index (χ3v) is 2.05. The third kappa shape index (κ3) is 3.92. The van der Waals surface area contributed by atoms with Gasteiger partial charge >= 0.3 is 0 Å². The average molecular weight is 221 g/mol. The fourth-order valence-electron chi connectivity index (χ4n) is 1.23. The van der Waals surface area contributed by atoms with Crippen molar-refractivity contribution in [3.63, 3.8) is 0 Å². The number of benzene rings is 1. The topological polar surface area (TPSA) is 21.3 Å². The van der Waals surface area contributed by atoms with Gasteiger partial charge in [-0.25, -0.2) is 4.39 Å². The normalized spacial score (nSPS) is 9.44. The number of hydrogen-bond donors (Lipinski definition) is 1. The number of nitrogens with one attached hydrogen (secondary N) is 1. The standard InChI is InChI=1S/C13H16FNO/c1-3-5-8-16-13-7-6-11(9-12(13)14)10-15-4-2/h6-7,9,15H,4,8,10H2,1-2H3. The van der Waals surface area contributed by atoms with E-state index in [-0.39, 0.29) is 18.2 Å². The fraction of sp³-hybridized carbons (Fsp3) is 0.385. The molecule has 0 atom stereocenters. The first-order valence-electron chi connectivity index (χ1n) is 5.29. The van der Waals surface area contributed by atoms with Crippen molar-refractivity contribution >= 4 is 0 Å². The second kappa shape index (κ2) is 6.86. The van der Waals surface area contributed by atoms with Gasteiger partial charge in [-0.15, -0.1) is 5.92 Å². The predicted molar refractivity (Wildman–Crippen MR) is 62.7 cm³/mol. The van der Waals surface area contributed by atoms with Gasteiger partial charge in [0, 0.05) is 6.54 Å². The van der Waals surface area contributed by atoms with Crippen LogP contribution in [0.2, 0.25) is 0 Å². The van der Waals surface area contributed by atoms with Crippen molar-refractivity contribution in [2.45, 2.75) is 20.4 Å². The minimum absolute atomic E-state index is 0.222. The zero-order chi connectivity index (χ0) is 11.8. The first-order valence-corrected chi connectivity index (χ1v) is 5.29. The highest BCUT2D eigenvalue weighted by atomic mass is 19.1. The lowest BCUT2D eigenvalue weighted by molar-refractivity contribution is 0.347. The van der Waals surface area contributed by atoms with Crippen LogP contribution in [0.3, 0.4) is 0 Å². The first kappa shape index (κ1) is 12.5. The number of halogens is 1. The van der Waals surface area contributed by atoms with E-state index in [1.165, 1.54) is 6.07 Å². The molecule has 1 rings (SSSR count). The Bertz CT molecular complexity index is 393. The van der Waals surface area contributed by atoms with E-state index in [1.807, 2.05) is 13.0 Å². The Hall–Kier alpha value is -1.53. The molecule has 0 radical (unpaired) electrons. The van der Waals surface area contributed by atoms with Gasteiger partial charge in [0.15, 0.2) is 11.6 Å². The van der Waals surface area contributed by atoms with Crippen LogP contribution < -0.4 is 10.1 Å². The third-order valence-electron chi connectivity index (χ3n) is 2.05. The Kier molecular flexibility index (Phi) is 5.38. The monoisotopic (exact) mass is 221 g/mol. The van der Waals surface area contributed by atoms with Crippen LogP contribution in [-0.4, -0.2) is 13.2 Å². The van der Waals surface area contributed by atoms with Crippen molar-refractivity contribution in [3.05, 3.63) is 29.6 Å². The Morgan fingerprint density at radius 2 is 2.25 bits per heavy atom. The maximum atomic E-state index is 13.5. The maximum Gasteiger partial charge on any atom is 0.165 e. The van der Waals surface area contributed by atoms with Gasteiger partial charge in [-0.2, -0.15) is 0 Å². The predicted octanol–water partition coefficient (Wildman–Crippen LogP) is 2.34. The summed E-state index contributed by atoms with van der Waals surface area (Å²) in [5.74, 6) is 5.32. The van der Waals surface area contributed by atoms with E-state index in [4.69, 9.17) is 4.74 Å². The molecule has 0 aliphatic heterocycles. The molecular formula is C13H16FNO. The zero-order valence-electron chi connectivity index (χ0n) is 9.64. The molecule has 0 fully saturated rings. The SMILES string of the molecule is CC#CCOc1ccc(CNCC)cc1F. The van der Waals surface area contributed by atoms with Crippen LogP contribution in [0.1, 0.15) is 19.4 Å². The Balaban J connectivity index is 2.62. The molecule has 1 aromatic rings. The molecule has 0 spiro atoms. The molecular weight excluding hydrogens is 205 g/mol. The molecule has 0 amide bonds. The van der Waals surface area contributed by atoms with Gasteiger partial charge in [-0.1, -0.05) is 18.9 Å². The summed E-state index contributed by atoms with van der Waals surface area (Å²) in [5, 5.41) is 3.13. The van der Waals surface area contributed by atoms with E-state index >= 15 is 0 Å². The lowest BCUT2D eigenvalue weighted by atomic mass is 10.2. The first-order chi connectivity index (χ1) is 7.77. The van der Waals surface area contributed by atoms with Gasteiger partial charge in [-0.3, -0.25) is 0 Å². The lowest BCUT2D eigenvalue weighted by Crippen LogP contribution is -2.11. The number of hydrogen-bond acceptors (Lipinski definition) is 2. The molecule has 0 aliphatic carbocycles. The van der Waals surface area contributed by atoms with Gasteiger partial charge < -0.3 is 10.1 Å². The second-order valence-corrected chi connectivity index (χ2v) is 3.26. The van der Waals surface area contributed by atoms with Gasteiger partial charge in [0.1, 0.15) is 6.61 Å². The van der Waals surface area contributed by atoms with Crippen molar-refractivity contribution in [3.8, 4) is 17.6 Å². The second-order valence-electron chi connectivity index (χ2n) is 3.26. The van der Waals surface area contributed by atoms with Gasteiger partial charge in [-0.05, 0) is 31.2 Å². The van der Waals surface area contributed by atoms with Gasteiger partial charge in [0.05, 0.1) is 0 Å². The Labute approximate surface area is 95.8 Å². The van der Waals surface area contributed by atoms with Crippen molar-refractivity contribution < 1.29 is 9.13 Å². The molecule has 0 bridgehead atoms. The van der Waals surface area contributed by atoms with Crippen molar-refractivity contribution in [2.75, 3.05) is 13.2 Å². The Morgan fingerprint density at radius 3 is 2.88 bits per heavy atom. The minimum Gasteiger partial charge on any atom is -0.478 e. The van der Waals surface area contributed by atoms with E-state index < -0.39 is 0 Å². The summed E-state index contributed by atoms with van der Waals surface area (Å²) in [5.41, 5.74) is 0.910. The lowest BCUT2D eigenvalue weighted by Gasteiger charge is -2.06. The van der Waals surface area contributed by atoms with Crippen molar-refractivity contribution in [1.82, 2.24) is 5.32 Å². The summed E-state index contributed by atoms with van der Waals surface area (Å²) in [6.45, 7) is 5.49. The fourth-order valence-corrected chi connectivity index (χ4v) is 1.23. The van der Waals surface area contributed by atoms with E-state index in [0.717, 1.165) is 12.1 Å². The molecule has 3 heteroatoms. The number of rotatable bonds is 5. The smallest absolute Gasteiger partial charge is 0.165 e. The molecule has 0 aliphatic rings.